The number of pyridine rings is 1. The molecule has 1 aromatic carbocycles. The number of fused-ring (bicyclic) bond motifs is 3. The molecule has 0 saturated carbocycles. The molecular weight excluding hydrogens is 450 g/mol. The number of benzene rings is 1. The van der Waals surface area contributed by atoms with Crippen molar-refractivity contribution in [2.75, 3.05) is 30.4 Å². The molecule has 8 heteroatoms. The van der Waals surface area contributed by atoms with Crippen LogP contribution in [0.2, 0.25) is 0 Å². The van der Waals surface area contributed by atoms with E-state index in [1.54, 1.807) is 7.11 Å². The zero-order chi connectivity index (χ0) is 24.8. The van der Waals surface area contributed by atoms with Crippen LogP contribution in [0.3, 0.4) is 0 Å². The molecule has 2 saturated heterocycles. The molecule has 0 spiro atoms. The number of nitrogens with zero attached hydrogens (tertiary/aromatic N) is 6. The van der Waals surface area contributed by atoms with E-state index in [1.165, 1.54) is 12.0 Å². The number of methoxy groups -OCH3 is 1. The topological polar surface area (TPSA) is 70.8 Å². The average Bonchev–Trinajstić information content (AvgIpc) is 3.64. The second kappa shape index (κ2) is 9.09. The van der Waals surface area contributed by atoms with Crippen molar-refractivity contribution >= 4 is 17.4 Å². The Morgan fingerprint density at radius 1 is 0.972 bits per heavy atom. The van der Waals surface area contributed by atoms with Gasteiger partial charge in [0.2, 0.25) is 5.95 Å². The molecule has 2 unspecified atom stereocenters. The molecule has 8 nitrogen and oxygen atoms in total. The van der Waals surface area contributed by atoms with Gasteiger partial charge in [-0.3, -0.25) is 9.30 Å². The highest BCUT2D eigenvalue weighted by Crippen LogP contribution is 2.36. The first-order valence-electron chi connectivity index (χ1n) is 12.7. The van der Waals surface area contributed by atoms with Crippen molar-refractivity contribution in [2.45, 2.75) is 51.4 Å². The van der Waals surface area contributed by atoms with Crippen molar-refractivity contribution in [3.63, 3.8) is 0 Å². The quantitative estimate of drug-likeness (QED) is 0.410. The molecule has 4 aromatic rings. The van der Waals surface area contributed by atoms with Crippen LogP contribution in [0.1, 0.15) is 38.8 Å². The van der Waals surface area contributed by atoms with E-state index in [-0.39, 0.29) is 6.04 Å². The molecule has 3 aromatic heterocycles. The van der Waals surface area contributed by atoms with Crippen molar-refractivity contribution < 1.29 is 4.74 Å². The van der Waals surface area contributed by atoms with Gasteiger partial charge in [-0.05, 0) is 57.0 Å². The van der Waals surface area contributed by atoms with Crippen LogP contribution in [-0.2, 0) is 0 Å². The highest BCUT2D eigenvalue weighted by molar-refractivity contribution is 5.69. The summed E-state index contributed by atoms with van der Waals surface area (Å²) in [6.45, 7) is 8.82. The Labute approximate surface area is 212 Å². The summed E-state index contributed by atoms with van der Waals surface area (Å²) in [6, 6.07) is 16.0. The maximum atomic E-state index is 5.28. The van der Waals surface area contributed by atoms with E-state index in [2.05, 4.69) is 74.5 Å². The largest absolute Gasteiger partial charge is 0.497 e. The molecule has 6 rings (SSSR count). The van der Waals surface area contributed by atoms with E-state index < -0.39 is 0 Å². The molecular formula is C28H33N7O. The van der Waals surface area contributed by atoms with Gasteiger partial charge in [0.15, 0.2) is 0 Å². The molecule has 36 heavy (non-hydrogen) atoms. The number of aromatic nitrogens is 4. The Morgan fingerprint density at radius 2 is 1.81 bits per heavy atom. The van der Waals surface area contributed by atoms with Gasteiger partial charge in [0.05, 0.1) is 12.8 Å². The first kappa shape index (κ1) is 22.8. The second-order valence-electron chi connectivity index (χ2n) is 10.2. The lowest BCUT2D eigenvalue weighted by molar-refractivity contribution is 0.190. The summed E-state index contributed by atoms with van der Waals surface area (Å²) in [7, 11) is 1.68. The molecule has 186 valence electrons. The summed E-state index contributed by atoms with van der Waals surface area (Å²) >= 11 is 0. The van der Waals surface area contributed by atoms with Gasteiger partial charge in [-0.2, -0.15) is 0 Å². The van der Waals surface area contributed by atoms with Crippen molar-refractivity contribution in [2.24, 2.45) is 0 Å². The van der Waals surface area contributed by atoms with E-state index in [1.807, 2.05) is 36.8 Å². The molecule has 2 aliphatic rings. The predicted octanol–water partition coefficient (Wildman–Crippen LogP) is 4.64. The van der Waals surface area contributed by atoms with E-state index in [0.29, 0.717) is 18.1 Å². The summed E-state index contributed by atoms with van der Waals surface area (Å²) in [5.74, 6) is 2.65. The van der Waals surface area contributed by atoms with Crippen LogP contribution in [0.4, 0.5) is 11.8 Å². The minimum atomic E-state index is 0.0982. The number of hydrogen-bond donors (Lipinski definition) is 1. The summed E-state index contributed by atoms with van der Waals surface area (Å²) in [4.78, 5) is 19.5. The normalized spacial score (nSPS) is 20.4. The van der Waals surface area contributed by atoms with Gasteiger partial charge in [-0.25, -0.2) is 15.0 Å². The molecule has 3 atom stereocenters. The lowest BCUT2D eigenvalue weighted by atomic mass is 10.1. The van der Waals surface area contributed by atoms with Crippen LogP contribution in [0.5, 0.6) is 5.75 Å². The van der Waals surface area contributed by atoms with Crippen LogP contribution >= 0.6 is 0 Å². The van der Waals surface area contributed by atoms with Gasteiger partial charge in [0, 0.05) is 67.5 Å². The predicted molar refractivity (Wildman–Crippen MR) is 143 cm³/mol. The lowest BCUT2D eigenvalue weighted by Crippen LogP contribution is -2.49. The Hall–Kier alpha value is -3.65. The van der Waals surface area contributed by atoms with Crippen LogP contribution < -0.4 is 15.0 Å². The fourth-order valence-electron chi connectivity index (χ4n) is 5.70. The summed E-state index contributed by atoms with van der Waals surface area (Å²) < 4.78 is 7.40. The van der Waals surface area contributed by atoms with Gasteiger partial charge in [-0.15, -0.1) is 0 Å². The minimum Gasteiger partial charge on any atom is -0.497 e. The number of nitrogens with one attached hydrogen (secondary N) is 1. The molecule has 5 heterocycles. The maximum absolute atomic E-state index is 5.28. The van der Waals surface area contributed by atoms with Crippen molar-refractivity contribution in [3.05, 3.63) is 66.6 Å². The Kier molecular flexibility index (Phi) is 5.76. The SMILES string of the molecule is COc1ccc([C@H](C)Nc2cc(-c3cc4nccn4c(N4CC5CC4CN5C(C)C)n3)ccn2)cc1. The zero-order valence-electron chi connectivity index (χ0n) is 21.3. The van der Waals surface area contributed by atoms with Crippen LogP contribution in [0.25, 0.3) is 16.9 Å². The molecule has 2 bridgehead atoms. The summed E-state index contributed by atoms with van der Waals surface area (Å²) in [6.07, 6.45) is 6.92. The number of rotatable bonds is 7. The Balaban J connectivity index is 1.28. The van der Waals surface area contributed by atoms with Gasteiger partial charge < -0.3 is 15.0 Å². The Morgan fingerprint density at radius 3 is 2.53 bits per heavy atom. The first-order chi connectivity index (χ1) is 17.5. The zero-order valence-corrected chi connectivity index (χ0v) is 21.3. The van der Waals surface area contributed by atoms with Gasteiger partial charge in [-0.1, -0.05) is 12.1 Å². The fraction of sp³-hybridized carbons (Fsp3) is 0.393. The third kappa shape index (κ3) is 4.05. The number of hydrogen-bond acceptors (Lipinski definition) is 7. The molecule has 0 radical (unpaired) electrons. The number of anilines is 2. The van der Waals surface area contributed by atoms with E-state index >= 15 is 0 Å². The molecule has 0 aliphatic carbocycles. The monoisotopic (exact) mass is 483 g/mol. The van der Waals surface area contributed by atoms with Crippen LogP contribution in [0.15, 0.2) is 61.1 Å². The van der Waals surface area contributed by atoms with Gasteiger partial charge in [0.1, 0.15) is 17.2 Å². The Bertz CT molecular complexity index is 1370. The fourth-order valence-corrected chi connectivity index (χ4v) is 5.70. The highest BCUT2D eigenvalue weighted by atomic mass is 16.5. The third-order valence-electron chi connectivity index (χ3n) is 7.61. The number of likely N-dealkylation sites (tertiary alicyclic amines) is 1. The van der Waals surface area contributed by atoms with Gasteiger partial charge >= 0.3 is 0 Å². The van der Waals surface area contributed by atoms with E-state index in [0.717, 1.165) is 47.5 Å². The average molecular weight is 484 g/mol. The standard InChI is InChI=1S/C28H33N7O/c1-18(2)34-16-23-14-22(34)17-35(23)28-32-25(15-27-30-11-12-33(27)28)21-9-10-29-26(13-21)31-19(3)20-5-7-24(36-4)8-6-20/h5-13,15,18-19,22-23H,14,16-17H2,1-4H3,(H,29,31)/t19-,22?,23?/m0/s1. The highest BCUT2D eigenvalue weighted by Gasteiger charge is 2.45. The molecule has 1 N–H and O–H groups in total. The number of imidazole rings is 1. The summed E-state index contributed by atoms with van der Waals surface area (Å²) in [5.41, 5.74) is 4.02. The number of piperazine rings is 1. The van der Waals surface area contributed by atoms with Crippen molar-refractivity contribution in [1.29, 1.82) is 0 Å². The van der Waals surface area contributed by atoms with E-state index in [4.69, 9.17) is 9.72 Å². The molecule has 2 fully saturated rings. The number of ether oxygens (including phenoxy) is 1. The van der Waals surface area contributed by atoms with E-state index in [9.17, 15) is 0 Å². The maximum Gasteiger partial charge on any atom is 0.212 e. The van der Waals surface area contributed by atoms with Crippen LogP contribution in [-0.4, -0.2) is 62.6 Å². The summed E-state index contributed by atoms with van der Waals surface area (Å²) in [5, 5.41) is 3.53. The third-order valence-corrected chi connectivity index (χ3v) is 7.61. The molecule has 2 aliphatic heterocycles. The van der Waals surface area contributed by atoms with Crippen molar-refractivity contribution in [1.82, 2.24) is 24.3 Å². The molecule has 0 amide bonds. The second-order valence-corrected chi connectivity index (χ2v) is 10.2. The lowest BCUT2D eigenvalue weighted by Gasteiger charge is -2.37. The minimum absolute atomic E-state index is 0.0982. The van der Waals surface area contributed by atoms with Gasteiger partial charge in [0.25, 0.3) is 0 Å². The van der Waals surface area contributed by atoms with Crippen molar-refractivity contribution in [3.8, 4) is 17.0 Å². The van der Waals surface area contributed by atoms with Crippen LogP contribution in [0, 0.1) is 0 Å². The smallest absolute Gasteiger partial charge is 0.212 e. The first-order valence-corrected chi connectivity index (χ1v) is 12.7.